The summed E-state index contributed by atoms with van der Waals surface area (Å²) in [5.74, 6) is 0.227. The van der Waals surface area contributed by atoms with Crippen LogP contribution >= 0.6 is 11.6 Å². The highest BCUT2D eigenvalue weighted by Gasteiger charge is 2.33. The molecule has 0 bridgehead atoms. The number of likely N-dealkylation sites (N-methyl/N-ethyl adjacent to an activating group) is 1. The Balaban J connectivity index is 1.47. The number of hydrogen-bond acceptors (Lipinski definition) is 4. The van der Waals surface area contributed by atoms with E-state index in [0.29, 0.717) is 19.0 Å². The fraction of sp³-hybridized carbons (Fsp3) is 0.600. The molecule has 0 unspecified atom stereocenters. The molecule has 2 amide bonds. The third-order valence-corrected chi connectivity index (χ3v) is 6.13. The minimum absolute atomic E-state index is 0.000633. The molecule has 2 fully saturated rings. The highest BCUT2D eigenvalue weighted by Crippen LogP contribution is 2.27. The predicted molar refractivity (Wildman–Crippen MR) is 108 cm³/mol. The van der Waals surface area contributed by atoms with Gasteiger partial charge in [-0.3, -0.25) is 14.5 Å². The number of anilines is 1. The van der Waals surface area contributed by atoms with Crippen LogP contribution in [-0.4, -0.2) is 73.5 Å². The van der Waals surface area contributed by atoms with Crippen molar-refractivity contribution in [2.24, 2.45) is 0 Å². The van der Waals surface area contributed by atoms with Gasteiger partial charge < -0.3 is 15.1 Å². The van der Waals surface area contributed by atoms with Gasteiger partial charge in [0.25, 0.3) is 0 Å². The molecule has 1 aromatic carbocycles. The highest BCUT2D eigenvalue weighted by molar-refractivity contribution is 6.33. The number of halogens is 1. The minimum Gasteiger partial charge on any atom is -0.367 e. The normalized spacial score (nSPS) is 23.5. The van der Waals surface area contributed by atoms with Crippen LogP contribution in [0.5, 0.6) is 0 Å². The van der Waals surface area contributed by atoms with Crippen LogP contribution < -0.4 is 10.2 Å². The summed E-state index contributed by atoms with van der Waals surface area (Å²) in [6.07, 6.45) is 2.58. The van der Waals surface area contributed by atoms with E-state index in [0.717, 1.165) is 49.7 Å². The summed E-state index contributed by atoms with van der Waals surface area (Å²) in [5, 5.41) is 3.65. The first kappa shape index (κ1) is 20.0. The molecule has 0 radical (unpaired) electrons. The topological polar surface area (TPSA) is 55.9 Å². The van der Waals surface area contributed by atoms with Crippen LogP contribution in [-0.2, 0) is 9.59 Å². The zero-order chi connectivity index (χ0) is 19.4. The molecule has 0 aromatic heterocycles. The number of carbonyl (C=O) groups is 2. The summed E-state index contributed by atoms with van der Waals surface area (Å²) < 4.78 is 0. The number of benzene rings is 1. The molecule has 2 atom stereocenters. The molecule has 6 nitrogen and oxygen atoms in total. The Morgan fingerprint density at radius 2 is 1.78 bits per heavy atom. The van der Waals surface area contributed by atoms with Crippen molar-refractivity contribution in [3.8, 4) is 0 Å². The van der Waals surface area contributed by atoms with E-state index in [4.69, 9.17) is 11.6 Å². The lowest BCUT2D eigenvalue weighted by Gasteiger charge is -2.37. The molecule has 0 aliphatic carbocycles. The van der Waals surface area contributed by atoms with Gasteiger partial charge >= 0.3 is 0 Å². The molecular weight excluding hydrogens is 364 g/mol. The summed E-state index contributed by atoms with van der Waals surface area (Å²) in [5.41, 5.74) is 1.04. The van der Waals surface area contributed by atoms with Crippen LogP contribution in [0.25, 0.3) is 0 Å². The van der Waals surface area contributed by atoms with Crippen molar-refractivity contribution in [2.75, 3.05) is 44.7 Å². The average molecular weight is 393 g/mol. The fourth-order valence-electron chi connectivity index (χ4n) is 4.08. The van der Waals surface area contributed by atoms with Gasteiger partial charge in [0.15, 0.2) is 0 Å². The second kappa shape index (κ2) is 8.93. The Kier molecular flexibility index (Phi) is 6.60. The van der Waals surface area contributed by atoms with E-state index in [9.17, 15) is 9.59 Å². The van der Waals surface area contributed by atoms with E-state index in [2.05, 4.69) is 22.2 Å². The molecule has 3 rings (SSSR count). The number of nitrogens with one attached hydrogen (secondary N) is 1. The minimum atomic E-state index is -0.000633. The first-order valence-corrected chi connectivity index (χ1v) is 10.1. The smallest absolute Gasteiger partial charge is 0.224 e. The van der Waals surface area contributed by atoms with E-state index in [1.54, 1.807) is 0 Å². The zero-order valence-electron chi connectivity index (χ0n) is 16.2. The van der Waals surface area contributed by atoms with Crippen molar-refractivity contribution in [1.82, 2.24) is 15.1 Å². The summed E-state index contributed by atoms with van der Waals surface area (Å²) in [4.78, 5) is 30.4. The lowest BCUT2D eigenvalue weighted by Crippen LogP contribution is -2.50. The van der Waals surface area contributed by atoms with Gasteiger partial charge in [-0.15, -0.1) is 0 Å². The Labute approximate surface area is 166 Å². The van der Waals surface area contributed by atoms with E-state index in [1.807, 2.05) is 29.2 Å². The number of carbonyl (C=O) groups excluding carboxylic acids is 2. The maximum atomic E-state index is 12.8. The first-order chi connectivity index (χ1) is 13.0. The van der Waals surface area contributed by atoms with Gasteiger partial charge in [-0.2, -0.15) is 0 Å². The van der Waals surface area contributed by atoms with Crippen LogP contribution in [0, 0.1) is 0 Å². The van der Waals surface area contributed by atoms with Gasteiger partial charge in [0, 0.05) is 58.2 Å². The number of amides is 2. The molecule has 1 N–H and O–H groups in total. The largest absolute Gasteiger partial charge is 0.367 e. The van der Waals surface area contributed by atoms with E-state index < -0.39 is 0 Å². The predicted octanol–water partition coefficient (Wildman–Crippen LogP) is 1.98. The van der Waals surface area contributed by atoms with Gasteiger partial charge in [0.05, 0.1) is 10.7 Å². The SMILES string of the molecule is CC(=O)NC[C@H]1CC[C@@H](CC(=O)N2CCN(c3ccccc3Cl)CC2)N1C. The molecule has 2 aliphatic heterocycles. The van der Waals surface area contributed by atoms with Gasteiger partial charge in [0.1, 0.15) is 0 Å². The number of nitrogens with zero attached hydrogens (tertiary/aromatic N) is 3. The quantitative estimate of drug-likeness (QED) is 0.832. The molecule has 2 aliphatic rings. The molecule has 0 spiro atoms. The molecule has 1 aromatic rings. The number of hydrogen-bond donors (Lipinski definition) is 1. The van der Waals surface area contributed by atoms with Crippen molar-refractivity contribution in [1.29, 1.82) is 0 Å². The maximum Gasteiger partial charge on any atom is 0.224 e. The molecule has 27 heavy (non-hydrogen) atoms. The summed E-state index contributed by atoms with van der Waals surface area (Å²) in [6, 6.07) is 8.45. The fourth-order valence-corrected chi connectivity index (χ4v) is 4.33. The molecule has 0 saturated carbocycles. The van der Waals surface area contributed by atoms with Gasteiger partial charge in [-0.25, -0.2) is 0 Å². The van der Waals surface area contributed by atoms with Gasteiger partial charge in [-0.05, 0) is 32.0 Å². The third kappa shape index (κ3) is 4.93. The van der Waals surface area contributed by atoms with Crippen LogP contribution in [0.2, 0.25) is 5.02 Å². The van der Waals surface area contributed by atoms with Gasteiger partial charge in [0.2, 0.25) is 11.8 Å². The van der Waals surface area contributed by atoms with Crippen LogP contribution in [0.1, 0.15) is 26.2 Å². The standard InChI is InChI=1S/C20H29ClN4O2/c1-15(26)22-14-17-8-7-16(23(17)2)13-20(27)25-11-9-24(10-12-25)19-6-4-3-5-18(19)21/h3-6,16-17H,7-14H2,1-2H3,(H,22,26)/t16-,17+/m0/s1. The molecule has 148 valence electrons. The molecule has 2 saturated heterocycles. The van der Waals surface area contributed by atoms with Crippen molar-refractivity contribution in [2.45, 2.75) is 38.3 Å². The first-order valence-electron chi connectivity index (χ1n) is 9.69. The average Bonchev–Trinajstić information content (AvgIpc) is 3.00. The lowest BCUT2D eigenvalue weighted by atomic mass is 10.1. The number of likely N-dealkylation sites (tertiary alicyclic amines) is 1. The van der Waals surface area contributed by atoms with E-state index in [-0.39, 0.29) is 17.9 Å². The monoisotopic (exact) mass is 392 g/mol. The number of rotatable bonds is 5. The maximum absolute atomic E-state index is 12.8. The third-order valence-electron chi connectivity index (χ3n) is 5.81. The molecule has 2 heterocycles. The zero-order valence-corrected chi connectivity index (χ0v) is 16.9. The van der Waals surface area contributed by atoms with E-state index in [1.165, 1.54) is 6.92 Å². The van der Waals surface area contributed by atoms with E-state index >= 15 is 0 Å². The second-order valence-corrected chi connectivity index (χ2v) is 7.92. The van der Waals surface area contributed by atoms with Crippen LogP contribution in [0.4, 0.5) is 5.69 Å². The Morgan fingerprint density at radius 1 is 1.11 bits per heavy atom. The molecule has 7 heteroatoms. The summed E-state index contributed by atoms with van der Waals surface area (Å²) in [7, 11) is 2.06. The van der Waals surface area contributed by atoms with Crippen molar-refractivity contribution < 1.29 is 9.59 Å². The van der Waals surface area contributed by atoms with Gasteiger partial charge in [-0.1, -0.05) is 23.7 Å². The lowest BCUT2D eigenvalue weighted by molar-refractivity contribution is -0.132. The number of para-hydroxylation sites is 1. The summed E-state index contributed by atoms with van der Waals surface area (Å²) >= 11 is 6.29. The Bertz CT molecular complexity index is 676. The number of piperazine rings is 1. The van der Waals surface area contributed by atoms with Crippen molar-refractivity contribution >= 4 is 29.1 Å². The highest BCUT2D eigenvalue weighted by atomic mass is 35.5. The van der Waals surface area contributed by atoms with Crippen LogP contribution in [0.3, 0.4) is 0 Å². The van der Waals surface area contributed by atoms with Crippen molar-refractivity contribution in [3.63, 3.8) is 0 Å². The second-order valence-electron chi connectivity index (χ2n) is 7.51. The molecular formula is C20H29ClN4O2. The Hall–Kier alpha value is -1.79. The van der Waals surface area contributed by atoms with Crippen LogP contribution in [0.15, 0.2) is 24.3 Å². The Morgan fingerprint density at radius 3 is 2.44 bits per heavy atom. The summed E-state index contributed by atoms with van der Waals surface area (Å²) in [6.45, 7) is 5.28. The van der Waals surface area contributed by atoms with Crippen molar-refractivity contribution in [3.05, 3.63) is 29.3 Å².